The first-order valence-corrected chi connectivity index (χ1v) is 10.7. The number of benzene rings is 1. The van der Waals surface area contributed by atoms with Gasteiger partial charge in [0.25, 0.3) is 0 Å². The minimum atomic E-state index is -0.647. The summed E-state index contributed by atoms with van der Waals surface area (Å²) in [5, 5.41) is 21.9. The van der Waals surface area contributed by atoms with Gasteiger partial charge in [-0.1, -0.05) is 23.7 Å². The van der Waals surface area contributed by atoms with Crippen LogP contribution in [0, 0.1) is 11.7 Å². The van der Waals surface area contributed by atoms with E-state index in [0.29, 0.717) is 63.9 Å². The Kier molecular flexibility index (Phi) is 4.31. The second-order valence-electron chi connectivity index (χ2n) is 8.40. The summed E-state index contributed by atoms with van der Waals surface area (Å²) in [6.45, 7) is 1.05. The lowest BCUT2D eigenvalue weighted by Crippen LogP contribution is -2.63. The van der Waals surface area contributed by atoms with Crippen LogP contribution in [0.3, 0.4) is 0 Å². The fraction of sp³-hybridized carbons (Fsp3) is 0.273. The SMILES string of the molecule is OC1(C2CC2)CN(c2cc(Nc3[nH]nc4ncc(F)cc34)nc(-c3ccccc3Cl)n2)C1.[HH].[HH]. The number of nitrogens with one attached hydrogen (secondary N) is 2. The number of β-amino-alcohol motifs (C(OH)–C–C–N with tert-alkyl or cyclic N) is 1. The van der Waals surface area contributed by atoms with Crippen molar-refractivity contribution in [2.24, 2.45) is 5.92 Å². The molecule has 6 rings (SSSR count). The number of aliphatic hydroxyl groups is 1. The highest BCUT2D eigenvalue weighted by Crippen LogP contribution is 2.45. The molecule has 0 spiro atoms. The number of pyridine rings is 1. The van der Waals surface area contributed by atoms with Gasteiger partial charge >= 0.3 is 0 Å². The third kappa shape index (κ3) is 3.34. The van der Waals surface area contributed by atoms with E-state index in [4.69, 9.17) is 16.6 Å². The van der Waals surface area contributed by atoms with Gasteiger partial charge in [-0.3, -0.25) is 5.10 Å². The summed E-state index contributed by atoms with van der Waals surface area (Å²) >= 11 is 6.40. The molecule has 4 heterocycles. The Morgan fingerprint density at radius 2 is 2.03 bits per heavy atom. The van der Waals surface area contributed by atoms with E-state index < -0.39 is 11.4 Å². The molecule has 2 fully saturated rings. The zero-order valence-corrected chi connectivity index (χ0v) is 17.6. The quantitative estimate of drug-likeness (QED) is 0.409. The normalized spacial score (nSPS) is 17.4. The molecule has 166 valence electrons. The minimum Gasteiger partial charge on any atom is -0.386 e. The van der Waals surface area contributed by atoms with Crippen LogP contribution in [-0.2, 0) is 0 Å². The number of rotatable bonds is 5. The summed E-state index contributed by atoms with van der Waals surface area (Å²) in [4.78, 5) is 15.4. The maximum atomic E-state index is 13.7. The van der Waals surface area contributed by atoms with Gasteiger partial charge in [-0.15, -0.1) is 0 Å². The molecule has 0 amide bonds. The van der Waals surface area contributed by atoms with Gasteiger partial charge in [0.2, 0.25) is 0 Å². The van der Waals surface area contributed by atoms with Crippen LogP contribution < -0.4 is 10.2 Å². The molecule has 1 aliphatic carbocycles. The van der Waals surface area contributed by atoms with Crippen LogP contribution in [0.1, 0.15) is 15.7 Å². The number of hydrogen-bond acceptors (Lipinski definition) is 7. The summed E-state index contributed by atoms with van der Waals surface area (Å²) in [6, 6.07) is 10.5. The largest absolute Gasteiger partial charge is 0.386 e. The molecule has 1 saturated carbocycles. The van der Waals surface area contributed by atoms with Gasteiger partial charge in [-0.2, -0.15) is 5.10 Å². The van der Waals surface area contributed by atoms with Gasteiger partial charge in [0.1, 0.15) is 28.9 Å². The van der Waals surface area contributed by atoms with Gasteiger partial charge in [-0.05, 0) is 37.0 Å². The van der Waals surface area contributed by atoms with Crippen LogP contribution in [0.25, 0.3) is 22.4 Å². The highest BCUT2D eigenvalue weighted by atomic mass is 35.5. The maximum Gasteiger partial charge on any atom is 0.183 e. The summed E-state index contributed by atoms with van der Waals surface area (Å²) in [6.07, 6.45) is 3.27. The van der Waals surface area contributed by atoms with Crippen LogP contribution in [0.15, 0.2) is 42.6 Å². The molecule has 1 saturated heterocycles. The molecule has 2 aliphatic rings. The van der Waals surface area contributed by atoms with Gasteiger partial charge < -0.3 is 15.3 Å². The molecular formula is C22H23ClFN7O. The number of H-pyrrole nitrogens is 1. The van der Waals surface area contributed by atoms with E-state index in [1.54, 1.807) is 12.1 Å². The van der Waals surface area contributed by atoms with E-state index in [0.717, 1.165) is 19.0 Å². The van der Waals surface area contributed by atoms with E-state index in [2.05, 4.69) is 25.5 Å². The Balaban J connectivity index is 0.00000137. The second-order valence-corrected chi connectivity index (χ2v) is 8.80. The fourth-order valence-electron chi connectivity index (χ4n) is 4.18. The first-order chi connectivity index (χ1) is 15.5. The van der Waals surface area contributed by atoms with Crippen molar-refractivity contribution in [2.45, 2.75) is 18.4 Å². The standard InChI is InChI=1S/C22H19ClFN7O.2H2/c23-16-4-2-1-3-14(16)20-26-17(27-21-15-7-13(24)9-25-19(15)29-30-21)8-18(28-20)31-10-22(32,11-31)12-5-6-12;;/h1-4,7-9,12,32H,5-6,10-11H2,(H2,25,26,27,28,29,30);2*1H. The molecule has 1 aliphatic heterocycles. The van der Waals surface area contributed by atoms with Crippen molar-refractivity contribution < 1.29 is 12.4 Å². The maximum absolute atomic E-state index is 13.7. The first kappa shape index (κ1) is 19.4. The fourth-order valence-corrected chi connectivity index (χ4v) is 4.40. The number of aromatic amines is 1. The van der Waals surface area contributed by atoms with Gasteiger partial charge in [-0.25, -0.2) is 19.3 Å². The zero-order valence-electron chi connectivity index (χ0n) is 16.9. The van der Waals surface area contributed by atoms with Crippen molar-refractivity contribution in [3.63, 3.8) is 0 Å². The van der Waals surface area contributed by atoms with Gasteiger partial charge in [0.15, 0.2) is 11.5 Å². The molecule has 0 unspecified atom stereocenters. The Labute approximate surface area is 190 Å². The molecule has 10 heteroatoms. The van der Waals surface area contributed by atoms with Crippen LogP contribution >= 0.6 is 11.6 Å². The predicted octanol–water partition coefficient (Wildman–Crippen LogP) is 4.40. The summed E-state index contributed by atoms with van der Waals surface area (Å²) < 4.78 is 13.7. The third-order valence-electron chi connectivity index (χ3n) is 6.05. The van der Waals surface area contributed by atoms with Crippen molar-refractivity contribution in [3.8, 4) is 11.4 Å². The lowest BCUT2D eigenvalue weighted by atomic mass is 9.89. The van der Waals surface area contributed by atoms with Crippen LogP contribution in [0.5, 0.6) is 0 Å². The number of nitrogens with zero attached hydrogens (tertiary/aromatic N) is 5. The van der Waals surface area contributed by atoms with E-state index in [1.165, 1.54) is 6.07 Å². The van der Waals surface area contributed by atoms with Crippen LogP contribution in [-0.4, -0.2) is 48.9 Å². The molecule has 8 nitrogen and oxygen atoms in total. The van der Waals surface area contributed by atoms with Crippen LogP contribution in [0.4, 0.5) is 21.8 Å². The average molecular weight is 456 g/mol. The predicted molar refractivity (Wildman–Crippen MR) is 124 cm³/mol. The number of hydrogen-bond donors (Lipinski definition) is 3. The number of halogens is 2. The van der Waals surface area contributed by atoms with Crippen LogP contribution in [0.2, 0.25) is 5.02 Å². The molecule has 32 heavy (non-hydrogen) atoms. The van der Waals surface area contributed by atoms with Crippen molar-refractivity contribution in [1.82, 2.24) is 25.1 Å². The lowest BCUT2D eigenvalue weighted by Gasteiger charge is -2.47. The molecule has 4 aromatic rings. The molecule has 0 radical (unpaired) electrons. The molecule has 0 bridgehead atoms. The third-order valence-corrected chi connectivity index (χ3v) is 6.38. The van der Waals surface area contributed by atoms with Crippen molar-refractivity contribution >= 4 is 40.1 Å². The summed E-state index contributed by atoms with van der Waals surface area (Å²) in [5.74, 6) is 2.00. The molecule has 3 N–H and O–H groups in total. The molecule has 1 aromatic carbocycles. The van der Waals surface area contributed by atoms with Crippen molar-refractivity contribution in [3.05, 3.63) is 53.4 Å². The molecular weight excluding hydrogens is 433 g/mol. The first-order valence-electron chi connectivity index (χ1n) is 10.4. The van der Waals surface area contributed by atoms with E-state index in [1.807, 2.05) is 23.1 Å². The van der Waals surface area contributed by atoms with Crippen molar-refractivity contribution in [2.75, 3.05) is 23.3 Å². The van der Waals surface area contributed by atoms with E-state index >= 15 is 0 Å². The zero-order chi connectivity index (χ0) is 21.9. The topological polar surface area (TPSA) is 103 Å². The van der Waals surface area contributed by atoms with E-state index in [-0.39, 0.29) is 2.85 Å². The summed E-state index contributed by atoms with van der Waals surface area (Å²) in [7, 11) is 0. The second kappa shape index (κ2) is 7.11. The monoisotopic (exact) mass is 455 g/mol. The Morgan fingerprint density at radius 3 is 2.81 bits per heavy atom. The average Bonchev–Trinajstić information content (AvgIpc) is 3.55. The van der Waals surface area contributed by atoms with E-state index in [9.17, 15) is 9.50 Å². The van der Waals surface area contributed by atoms with Gasteiger partial charge in [0, 0.05) is 14.5 Å². The Bertz CT molecular complexity index is 1340. The lowest BCUT2D eigenvalue weighted by molar-refractivity contribution is -0.00973. The Morgan fingerprint density at radius 1 is 1.22 bits per heavy atom. The number of anilines is 3. The molecule has 3 aromatic heterocycles. The Hall–Kier alpha value is -3.30. The number of fused-ring (bicyclic) bond motifs is 1. The van der Waals surface area contributed by atoms with Crippen molar-refractivity contribution in [1.29, 1.82) is 0 Å². The highest BCUT2D eigenvalue weighted by molar-refractivity contribution is 6.33. The molecule has 0 atom stereocenters. The highest BCUT2D eigenvalue weighted by Gasteiger charge is 2.52. The number of aromatic nitrogens is 5. The summed E-state index contributed by atoms with van der Waals surface area (Å²) in [5.41, 5.74) is 0.442. The minimum absolute atomic E-state index is 0. The smallest absolute Gasteiger partial charge is 0.183 e. The van der Waals surface area contributed by atoms with Gasteiger partial charge in [0.05, 0.1) is 29.7 Å².